The monoisotopic (exact) mass is 331 g/mol. The molecule has 1 aliphatic rings. The van der Waals surface area contributed by atoms with E-state index in [0.29, 0.717) is 6.61 Å². The molecule has 2 aromatic rings. The number of halogens is 1. The molecule has 1 N–H and O–H groups in total. The zero-order chi connectivity index (χ0) is 16.1. The smallest absolute Gasteiger partial charge is 0.0990 e. The van der Waals surface area contributed by atoms with Crippen molar-refractivity contribution in [2.45, 2.75) is 31.3 Å². The third-order valence-electron chi connectivity index (χ3n) is 4.17. The van der Waals surface area contributed by atoms with Gasteiger partial charge in [-0.2, -0.15) is 0 Å². The summed E-state index contributed by atoms with van der Waals surface area (Å²) in [7, 11) is 0. The Kier molecular flexibility index (Phi) is 5.68. The van der Waals surface area contributed by atoms with Gasteiger partial charge in [0.1, 0.15) is 0 Å². The first kappa shape index (κ1) is 16.5. The van der Waals surface area contributed by atoms with Crippen molar-refractivity contribution in [3.05, 3.63) is 71.8 Å². The van der Waals surface area contributed by atoms with Crippen LogP contribution in [0.2, 0.25) is 0 Å². The second-order valence-corrected chi connectivity index (χ2v) is 6.27. The van der Waals surface area contributed by atoms with E-state index in [-0.39, 0.29) is 18.0 Å². The fourth-order valence-electron chi connectivity index (χ4n) is 2.97. The van der Waals surface area contributed by atoms with E-state index in [4.69, 9.17) is 16.3 Å². The fraction of sp³-hybridized carbons (Fsp3) is 0.368. The van der Waals surface area contributed by atoms with Gasteiger partial charge in [-0.15, -0.1) is 11.6 Å². The molecule has 3 nitrogen and oxygen atoms in total. The molecule has 0 bridgehead atoms. The predicted molar refractivity (Wildman–Crippen MR) is 92.4 cm³/mol. The Morgan fingerprint density at radius 3 is 1.87 bits per heavy atom. The van der Waals surface area contributed by atoms with Gasteiger partial charge >= 0.3 is 0 Å². The number of rotatable bonds is 8. The van der Waals surface area contributed by atoms with E-state index in [1.165, 1.54) is 11.1 Å². The minimum atomic E-state index is -0.600. The number of hydrogen-bond acceptors (Lipinski definition) is 3. The summed E-state index contributed by atoms with van der Waals surface area (Å²) in [6.45, 7) is 2.21. The summed E-state index contributed by atoms with van der Waals surface area (Å²) < 4.78 is 5.49. The molecule has 1 saturated heterocycles. The zero-order valence-electron chi connectivity index (χ0n) is 13.0. The average molecular weight is 332 g/mol. The summed E-state index contributed by atoms with van der Waals surface area (Å²) in [6.07, 6.45) is -0.534. The van der Waals surface area contributed by atoms with Crippen LogP contribution in [0.5, 0.6) is 0 Å². The maximum absolute atomic E-state index is 10.4. The number of benzene rings is 2. The number of hydrogen-bond donors (Lipinski definition) is 1. The lowest BCUT2D eigenvalue weighted by Gasteiger charge is -2.33. The molecule has 3 atom stereocenters. The number of epoxide rings is 1. The summed E-state index contributed by atoms with van der Waals surface area (Å²) in [5.74, 6) is 0.213. The average Bonchev–Trinajstić information content (AvgIpc) is 3.41. The maximum Gasteiger partial charge on any atom is 0.0990 e. The first-order valence-electron chi connectivity index (χ1n) is 7.95. The van der Waals surface area contributed by atoms with Crippen LogP contribution in [0.25, 0.3) is 0 Å². The minimum absolute atomic E-state index is 0.0659. The Labute approximate surface area is 142 Å². The van der Waals surface area contributed by atoms with Gasteiger partial charge in [0.15, 0.2) is 0 Å². The second-order valence-electron chi connectivity index (χ2n) is 5.96. The molecule has 0 unspecified atom stereocenters. The summed E-state index contributed by atoms with van der Waals surface area (Å²) in [5, 5.41) is 10.4. The summed E-state index contributed by atoms with van der Waals surface area (Å²) in [4.78, 5) is 2.27. The molecule has 4 heteroatoms. The van der Waals surface area contributed by atoms with E-state index in [1.54, 1.807) is 0 Å². The lowest BCUT2D eigenvalue weighted by Crippen LogP contribution is -2.47. The van der Waals surface area contributed by atoms with Crippen molar-refractivity contribution in [1.82, 2.24) is 4.90 Å². The first-order chi connectivity index (χ1) is 11.3. The lowest BCUT2D eigenvalue weighted by molar-refractivity contribution is 0.0357. The maximum atomic E-state index is 10.4. The molecule has 0 saturated carbocycles. The fourth-order valence-corrected chi connectivity index (χ4v) is 3.16. The van der Waals surface area contributed by atoms with E-state index in [2.05, 4.69) is 29.2 Å². The van der Waals surface area contributed by atoms with Gasteiger partial charge in [-0.1, -0.05) is 60.7 Å². The molecule has 0 radical (unpaired) electrons. The molecular formula is C19H22ClNO2. The molecule has 0 spiro atoms. The number of aliphatic hydroxyl groups is 1. The second kappa shape index (κ2) is 7.93. The van der Waals surface area contributed by atoms with E-state index >= 15 is 0 Å². The number of alkyl halides is 1. The quantitative estimate of drug-likeness (QED) is 0.596. The predicted octanol–water partition coefficient (Wildman–Crippen LogP) is 3.06. The van der Waals surface area contributed by atoms with Crippen LogP contribution >= 0.6 is 11.6 Å². The van der Waals surface area contributed by atoms with Crippen molar-refractivity contribution in [3.8, 4) is 0 Å². The Bertz CT molecular complexity index is 547. The van der Waals surface area contributed by atoms with Crippen LogP contribution in [0.3, 0.4) is 0 Å². The topological polar surface area (TPSA) is 36.0 Å². The van der Waals surface area contributed by atoms with Crippen LogP contribution in [-0.4, -0.2) is 40.7 Å². The van der Waals surface area contributed by atoms with Crippen molar-refractivity contribution in [3.63, 3.8) is 0 Å². The summed E-state index contributed by atoms with van der Waals surface area (Å²) in [5.41, 5.74) is 2.44. The Balaban J connectivity index is 1.82. The van der Waals surface area contributed by atoms with E-state index in [1.807, 2.05) is 36.4 Å². The highest BCUT2D eigenvalue weighted by atomic mass is 35.5. The van der Waals surface area contributed by atoms with Crippen molar-refractivity contribution >= 4 is 11.6 Å². The highest BCUT2D eigenvalue weighted by Gasteiger charge is 2.41. The van der Waals surface area contributed by atoms with Crippen LogP contribution in [0.15, 0.2) is 60.7 Å². The number of nitrogens with zero attached hydrogens (tertiary/aromatic N) is 1. The minimum Gasteiger partial charge on any atom is -0.390 e. The molecule has 0 aliphatic carbocycles. The molecule has 0 aromatic heterocycles. The van der Waals surface area contributed by atoms with Crippen molar-refractivity contribution in [2.24, 2.45) is 0 Å². The molecule has 0 amide bonds. The van der Waals surface area contributed by atoms with E-state index in [0.717, 1.165) is 13.1 Å². The first-order valence-corrected chi connectivity index (χ1v) is 8.49. The van der Waals surface area contributed by atoms with Crippen LogP contribution < -0.4 is 0 Å². The van der Waals surface area contributed by atoms with E-state index < -0.39 is 6.10 Å². The van der Waals surface area contributed by atoms with Crippen LogP contribution in [-0.2, 0) is 17.8 Å². The molecule has 1 aliphatic heterocycles. The van der Waals surface area contributed by atoms with Gasteiger partial charge in [-0.25, -0.2) is 0 Å². The van der Waals surface area contributed by atoms with Gasteiger partial charge in [-0.05, 0) is 11.1 Å². The summed E-state index contributed by atoms with van der Waals surface area (Å²) >= 11 is 5.94. The molecule has 1 heterocycles. The molecule has 2 aromatic carbocycles. The van der Waals surface area contributed by atoms with Gasteiger partial charge < -0.3 is 9.84 Å². The Hall–Kier alpha value is -1.39. The third-order valence-corrected chi connectivity index (χ3v) is 4.49. The molecule has 3 rings (SSSR count). The molecular weight excluding hydrogens is 310 g/mol. The summed E-state index contributed by atoms with van der Waals surface area (Å²) in [6, 6.07) is 20.5. The standard InChI is InChI=1S/C19H22ClNO2/c20-11-17(22)19(18-14-23-18)21(12-15-7-3-1-4-8-15)13-16-9-5-2-6-10-16/h1-10,17-19,22H,11-14H2/t17-,18-,19+/m1/s1. The largest absolute Gasteiger partial charge is 0.390 e. The van der Waals surface area contributed by atoms with Crippen molar-refractivity contribution in [2.75, 3.05) is 12.5 Å². The van der Waals surface area contributed by atoms with Gasteiger partial charge in [-0.3, -0.25) is 4.90 Å². The van der Waals surface area contributed by atoms with E-state index in [9.17, 15) is 5.11 Å². The molecule has 122 valence electrons. The van der Waals surface area contributed by atoms with Gasteiger partial charge in [0.25, 0.3) is 0 Å². The number of ether oxygens (including phenoxy) is 1. The lowest BCUT2D eigenvalue weighted by atomic mass is 10.0. The third kappa shape index (κ3) is 4.55. The van der Waals surface area contributed by atoms with Crippen LogP contribution in [0.1, 0.15) is 11.1 Å². The van der Waals surface area contributed by atoms with Crippen molar-refractivity contribution < 1.29 is 9.84 Å². The van der Waals surface area contributed by atoms with Gasteiger partial charge in [0.05, 0.1) is 30.7 Å². The van der Waals surface area contributed by atoms with Gasteiger partial charge in [0.2, 0.25) is 0 Å². The number of aliphatic hydroxyl groups excluding tert-OH is 1. The Morgan fingerprint density at radius 1 is 1.00 bits per heavy atom. The van der Waals surface area contributed by atoms with Crippen LogP contribution in [0.4, 0.5) is 0 Å². The molecule has 1 fully saturated rings. The zero-order valence-corrected chi connectivity index (χ0v) is 13.8. The van der Waals surface area contributed by atoms with Crippen LogP contribution in [0, 0.1) is 0 Å². The highest BCUT2D eigenvalue weighted by Crippen LogP contribution is 2.26. The SMILES string of the molecule is O[C@H](CCl)[C@@H]([C@H]1CO1)N(Cc1ccccc1)Cc1ccccc1. The molecule has 23 heavy (non-hydrogen) atoms. The normalized spacial score (nSPS) is 19.5. The highest BCUT2D eigenvalue weighted by molar-refractivity contribution is 6.18. The van der Waals surface area contributed by atoms with Crippen molar-refractivity contribution in [1.29, 1.82) is 0 Å². The van der Waals surface area contributed by atoms with Gasteiger partial charge in [0, 0.05) is 13.1 Å². The Morgan fingerprint density at radius 2 is 1.48 bits per heavy atom.